The average Bonchev–Trinajstić information content (AvgIpc) is 1.62. The predicted octanol–water partition coefficient (Wildman–Crippen LogP) is 1.23. The number of amides is 7. The number of rotatable bonds is 65. The van der Waals surface area contributed by atoms with Gasteiger partial charge in [-0.1, -0.05) is 19.4 Å². The minimum atomic E-state index is -1.82. The number of methoxy groups -OCH3 is 1. The first kappa shape index (κ1) is 94.6. The van der Waals surface area contributed by atoms with Crippen LogP contribution in [0.5, 0.6) is 5.75 Å². The number of aliphatic hydroxyl groups is 4. The van der Waals surface area contributed by atoms with Gasteiger partial charge in [-0.15, -0.1) is 0 Å². The molecule has 0 saturated carbocycles. The molecule has 0 unspecified atom stereocenters. The molecule has 0 radical (unpaired) electrons. The highest BCUT2D eigenvalue weighted by Gasteiger charge is 2.45. The van der Waals surface area contributed by atoms with E-state index in [1.807, 2.05) is 0 Å². The molecule has 4 aromatic rings. The van der Waals surface area contributed by atoms with Crippen molar-refractivity contribution in [1.82, 2.24) is 40.7 Å². The molecule has 1 fully saturated rings. The van der Waals surface area contributed by atoms with Crippen molar-refractivity contribution in [3.05, 3.63) is 65.5 Å². The third-order valence-corrected chi connectivity index (χ3v) is 17.5. The van der Waals surface area contributed by atoms with Crippen molar-refractivity contribution in [2.24, 2.45) is 0 Å². The topological polar surface area (TPSA) is 496 Å². The molecular formula is C76H116N10O28. The third kappa shape index (κ3) is 35.9. The van der Waals surface area contributed by atoms with E-state index in [2.05, 4.69) is 43.1 Å². The van der Waals surface area contributed by atoms with Crippen LogP contribution < -0.4 is 37.1 Å². The van der Waals surface area contributed by atoms with E-state index in [0.717, 1.165) is 46.6 Å². The number of aliphatic hydroxyl groups excluding tert-OH is 4. The quantitative estimate of drug-likeness (QED) is 0.0219. The number of carboxylic acids is 1. The number of pyridine rings is 1. The molecule has 2 aliphatic heterocycles. The number of unbranched alkanes of at least 4 members (excludes halogenated alkanes) is 4. The summed E-state index contributed by atoms with van der Waals surface area (Å²) in [5.74, 6) is -3.60. The summed E-state index contributed by atoms with van der Waals surface area (Å²) in [5, 5.41) is 65.4. The molecule has 0 aliphatic carbocycles. The maximum Gasteiger partial charge on any atom is 0.407 e. The fourth-order valence-corrected chi connectivity index (χ4v) is 11.4. The number of imide groups is 1. The number of anilines is 2. The van der Waals surface area contributed by atoms with Crippen molar-refractivity contribution < 1.29 is 135 Å². The Balaban J connectivity index is 0.840. The van der Waals surface area contributed by atoms with Gasteiger partial charge in [0, 0.05) is 83.1 Å². The highest BCUT2D eigenvalue weighted by molar-refractivity contribution is 6.13. The summed E-state index contributed by atoms with van der Waals surface area (Å²) in [6, 6.07) is 7.86. The van der Waals surface area contributed by atoms with Crippen molar-refractivity contribution in [3.8, 4) is 5.75 Å². The molecule has 2 aromatic carbocycles. The SMILES string of the molecule is CCCCc1nc2c(N)nc3cc(C(=O)O)ccc3c2n1CCCCCNC(=O)OCc1ccc(O[C@H]2O[C@H](CO)[C@@H](O)[C@H](O)[C@@H]2O)c(NC(=O)CCNC(=O)[C@H](CCCCNC(=O)CCOCCOCCOCCOCCOCCOCCOCCOCCOCCOCCOCCOC)NC(=O)CCN2C(=O)C=CC2=O)c1. The average molecular weight is 1620 g/mol. The van der Waals surface area contributed by atoms with E-state index < -0.39 is 85.0 Å². The fourth-order valence-electron chi connectivity index (χ4n) is 11.4. The Labute approximate surface area is 662 Å². The van der Waals surface area contributed by atoms with Gasteiger partial charge in [-0.2, -0.15) is 0 Å². The van der Waals surface area contributed by atoms with E-state index >= 15 is 0 Å². The normalized spacial score (nSPS) is 16.4. The van der Waals surface area contributed by atoms with E-state index in [9.17, 15) is 63.9 Å². The molecule has 0 bridgehead atoms. The first-order chi connectivity index (χ1) is 55.4. The predicted molar refractivity (Wildman–Crippen MR) is 409 cm³/mol. The van der Waals surface area contributed by atoms with E-state index in [0.29, 0.717) is 194 Å². The van der Waals surface area contributed by atoms with Gasteiger partial charge in [-0.3, -0.25) is 33.7 Å². The molecule has 114 heavy (non-hydrogen) atoms. The number of fused-ring (bicyclic) bond motifs is 3. The number of carbonyl (C=O) groups is 8. The summed E-state index contributed by atoms with van der Waals surface area (Å²) in [7, 11) is 1.63. The third-order valence-electron chi connectivity index (χ3n) is 17.5. The summed E-state index contributed by atoms with van der Waals surface area (Å²) in [4.78, 5) is 113. The van der Waals surface area contributed by atoms with Gasteiger partial charge in [-0.25, -0.2) is 19.6 Å². The molecule has 6 rings (SSSR count). The number of nitrogens with two attached hydrogens (primary N) is 1. The van der Waals surface area contributed by atoms with Crippen LogP contribution in [0.1, 0.15) is 99.3 Å². The highest BCUT2D eigenvalue weighted by atomic mass is 16.7. The van der Waals surface area contributed by atoms with Crippen molar-refractivity contribution in [3.63, 3.8) is 0 Å². The minimum absolute atomic E-state index is 0.0345. The van der Waals surface area contributed by atoms with Crippen LogP contribution in [0, 0.1) is 0 Å². The number of hydrogen-bond acceptors (Lipinski definition) is 30. The maximum atomic E-state index is 13.8. The Hall–Kier alpha value is -8.26. The molecule has 4 heterocycles. The van der Waals surface area contributed by atoms with Crippen LogP contribution in [0.3, 0.4) is 0 Å². The number of ether oxygens (including phenoxy) is 15. The van der Waals surface area contributed by atoms with E-state index in [4.69, 9.17) is 81.8 Å². The number of carbonyl (C=O) groups excluding carboxylic acids is 7. The Morgan fingerprint density at radius 1 is 0.579 bits per heavy atom. The summed E-state index contributed by atoms with van der Waals surface area (Å²) >= 11 is 0. The first-order valence-electron chi connectivity index (χ1n) is 38.8. The van der Waals surface area contributed by atoms with Crippen molar-refractivity contribution >= 4 is 80.9 Å². The smallest absolute Gasteiger partial charge is 0.407 e. The number of alkyl carbamates (subject to hydrolysis) is 1. The van der Waals surface area contributed by atoms with Gasteiger partial charge in [0.15, 0.2) is 5.82 Å². The van der Waals surface area contributed by atoms with Crippen LogP contribution in [0.25, 0.3) is 21.9 Å². The van der Waals surface area contributed by atoms with Crippen molar-refractivity contribution in [2.45, 2.75) is 134 Å². The lowest BCUT2D eigenvalue weighted by Gasteiger charge is -2.39. The zero-order valence-electron chi connectivity index (χ0n) is 65.3. The number of hydrogen-bond donors (Lipinski definition) is 11. The molecule has 638 valence electrons. The lowest BCUT2D eigenvalue weighted by atomic mass is 9.99. The number of nitrogens with zero attached hydrogens (tertiary/aromatic N) is 4. The van der Waals surface area contributed by atoms with Gasteiger partial charge in [0.25, 0.3) is 11.8 Å². The molecule has 2 aliphatic rings. The second-order valence-corrected chi connectivity index (χ2v) is 26.2. The maximum absolute atomic E-state index is 13.8. The molecule has 6 atom stereocenters. The van der Waals surface area contributed by atoms with Crippen LogP contribution >= 0.6 is 0 Å². The molecule has 0 spiro atoms. The Bertz CT molecular complexity index is 3540. The summed E-state index contributed by atoms with van der Waals surface area (Å²) < 4.78 is 84.4. The summed E-state index contributed by atoms with van der Waals surface area (Å²) in [5.41, 5.74) is 8.53. The van der Waals surface area contributed by atoms with Gasteiger partial charge < -0.3 is 133 Å². The molecule has 1 saturated heterocycles. The second-order valence-electron chi connectivity index (χ2n) is 26.2. The first-order valence-corrected chi connectivity index (χ1v) is 38.8. The fraction of sp³-hybridized carbons (Fsp3) is 0.658. The Morgan fingerprint density at radius 2 is 1.14 bits per heavy atom. The monoisotopic (exact) mass is 1620 g/mol. The highest BCUT2D eigenvalue weighted by Crippen LogP contribution is 2.33. The zero-order chi connectivity index (χ0) is 81.9. The molecule has 2 aromatic heterocycles. The van der Waals surface area contributed by atoms with Crippen LogP contribution in [0.2, 0.25) is 0 Å². The number of benzene rings is 2. The van der Waals surface area contributed by atoms with Crippen molar-refractivity contribution in [2.75, 3.05) is 203 Å². The van der Waals surface area contributed by atoms with E-state index in [-0.39, 0.29) is 107 Å². The number of aromatic nitrogens is 3. The van der Waals surface area contributed by atoms with E-state index in [1.54, 1.807) is 13.2 Å². The zero-order valence-corrected chi connectivity index (χ0v) is 65.3. The molecule has 7 amide bonds. The summed E-state index contributed by atoms with van der Waals surface area (Å²) in [6.07, 6.45) is -2.16. The lowest BCUT2D eigenvalue weighted by molar-refractivity contribution is -0.277. The minimum Gasteiger partial charge on any atom is -0.478 e. The van der Waals surface area contributed by atoms with Crippen LogP contribution in [-0.4, -0.2) is 321 Å². The number of aromatic carboxylic acids is 1. The Morgan fingerprint density at radius 3 is 1.70 bits per heavy atom. The number of imidazole rings is 1. The molecular weight excluding hydrogens is 1500 g/mol. The van der Waals surface area contributed by atoms with Crippen LogP contribution in [-0.2, 0) is 115 Å². The number of nitrogen functional groups attached to an aromatic ring is 1. The van der Waals surface area contributed by atoms with Crippen molar-refractivity contribution in [1.29, 1.82) is 0 Å². The van der Waals surface area contributed by atoms with Crippen LogP contribution in [0.15, 0.2) is 48.6 Å². The number of nitrogens with one attached hydrogen (secondary N) is 5. The van der Waals surface area contributed by atoms with Gasteiger partial charge in [0.1, 0.15) is 54.2 Å². The Kier molecular flexibility index (Phi) is 46.6. The lowest BCUT2D eigenvalue weighted by Crippen LogP contribution is -2.60. The number of carboxylic acid groups (broad SMARTS) is 1. The second kappa shape index (κ2) is 56.1. The van der Waals surface area contributed by atoms with Gasteiger partial charge in [-0.05, 0) is 80.8 Å². The summed E-state index contributed by atoms with van der Waals surface area (Å²) in [6.45, 7) is 11.3. The standard InChI is InChI=1S/C76H116N10O28/c1-3-4-11-61-84-67-68(55-14-13-54(74(97)98)50-57(55)83-72(67)77)85(61)24-9-5-7-22-80-76(99)112-52-53-12-15-59(113-75-71(95)70(94)69(93)60(51-87)114-75)58(49-53)82-63(89)18-23-79-73(96)56(81-64(90)19-25-86-65(91)16-17-66(86)92)10-6-8-21-78-62(88)20-26-101-29-30-103-33-34-105-37-38-107-41-42-109-45-46-111-48-47-110-44-43-108-40-39-106-36-35-104-32-31-102-28-27-100-2/h12-17,49-50,56,60,69-71,75,87,93-95H,3-11,18-48,51-52H2,1-2H3,(H2,77,83)(H,78,88)(H,79,96)(H,80,99)(H,81,90)(H,82,89)(H,97,98)/t56-,60+,69+,70-,71-,75-/m0/s1. The molecule has 38 heteroatoms. The van der Waals surface area contributed by atoms with Gasteiger partial charge in [0.05, 0.1) is 181 Å². The van der Waals surface area contributed by atoms with Gasteiger partial charge in [0.2, 0.25) is 29.9 Å². The largest absolute Gasteiger partial charge is 0.478 e. The van der Waals surface area contributed by atoms with E-state index in [1.165, 1.54) is 30.3 Å². The number of aryl methyl sites for hydroxylation is 2. The molecule has 12 N–H and O–H groups in total. The van der Waals surface area contributed by atoms with Crippen LogP contribution in [0.4, 0.5) is 16.3 Å². The molecule has 38 nitrogen and oxygen atoms in total. The van der Waals surface area contributed by atoms with Gasteiger partial charge >= 0.3 is 12.1 Å².